The summed E-state index contributed by atoms with van der Waals surface area (Å²) in [5.74, 6) is 0.595. The van der Waals surface area contributed by atoms with Gasteiger partial charge in [-0.2, -0.15) is 5.26 Å². The van der Waals surface area contributed by atoms with Gasteiger partial charge in [0, 0.05) is 31.8 Å². The lowest BCUT2D eigenvalue weighted by molar-refractivity contribution is -0.179. The molecule has 0 aromatic heterocycles. The van der Waals surface area contributed by atoms with Crippen molar-refractivity contribution < 1.29 is 14.2 Å². The Labute approximate surface area is 143 Å². The van der Waals surface area contributed by atoms with Crippen LogP contribution in [0.5, 0.6) is 5.75 Å². The average molecular weight is 330 g/mol. The second kappa shape index (κ2) is 8.48. The molecule has 24 heavy (non-hydrogen) atoms. The Morgan fingerprint density at radius 2 is 2.04 bits per heavy atom. The quantitative estimate of drug-likeness (QED) is 0.778. The molecule has 1 saturated carbocycles. The molecule has 1 saturated heterocycles. The third-order valence-corrected chi connectivity index (χ3v) is 4.76. The molecular formula is C19H26N2O3. The van der Waals surface area contributed by atoms with Crippen molar-refractivity contribution in [2.45, 2.75) is 56.9 Å². The number of nitrogens with one attached hydrogen (secondary N) is 1. The van der Waals surface area contributed by atoms with Crippen LogP contribution in [0.2, 0.25) is 0 Å². The van der Waals surface area contributed by atoms with E-state index in [-0.39, 0.29) is 5.79 Å². The van der Waals surface area contributed by atoms with Gasteiger partial charge in [-0.1, -0.05) is 12.1 Å². The van der Waals surface area contributed by atoms with Crippen LogP contribution >= 0.6 is 0 Å². The molecule has 1 aliphatic carbocycles. The molecular weight excluding hydrogens is 304 g/mol. The number of unbranched alkanes of at least 4 members (excludes halogenated alkanes) is 1. The van der Waals surface area contributed by atoms with Gasteiger partial charge in [-0.05, 0) is 37.0 Å². The van der Waals surface area contributed by atoms with Crippen molar-refractivity contribution in [3.05, 3.63) is 29.8 Å². The summed E-state index contributed by atoms with van der Waals surface area (Å²) in [7, 11) is 0. The Hall–Kier alpha value is -1.61. The Morgan fingerprint density at radius 3 is 2.79 bits per heavy atom. The molecule has 0 amide bonds. The van der Waals surface area contributed by atoms with E-state index in [9.17, 15) is 0 Å². The van der Waals surface area contributed by atoms with E-state index in [0.29, 0.717) is 19.1 Å². The molecule has 1 aliphatic heterocycles. The summed E-state index contributed by atoms with van der Waals surface area (Å²) < 4.78 is 17.2. The number of hydrogen-bond acceptors (Lipinski definition) is 5. The molecule has 2 fully saturated rings. The van der Waals surface area contributed by atoms with Crippen LogP contribution in [0.1, 0.15) is 44.1 Å². The van der Waals surface area contributed by atoms with Crippen molar-refractivity contribution in [2.24, 2.45) is 0 Å². The molecule has 130 valence electrons. The topological polar surface area (TPSA) is 63.5 Å². The van der Waals surface area contributed by atoms with E-state index in [2.05, 4.69) is 23.5 Å². The highest BCUT2D eigenvalue weighted by atomic mass is 16.7. The van der Waals surface area contributed by atoms with Crippen molar-refractivity contribution in [3.8, 4) is 11.8 Å². The monoisotopic (exact) mass is 330 g/mol. The first-order valence-electron chi connectivity index (χ1n) is 8.90. The summed E-state index contributed by atoms with van der Waals surface area (Å²) in [6.07, 6.45) is 5.44. The highest BCUT2D eigenvalue weighted by Gasteiger charge is 2.40. The summed E-state index contributed by atoms with van der Waals surface area (Å²) in [5, 5.41) is 12.2. The lowest BCUT2D eigenvalue weighted by Crippen LogP contribution is -2.41. The summed E-state index contributed by atoms with van der Waals surface area (Å²) in [6, 6.07) is 10.8. The van der Waals surface area contributed by atoms with E-state index in [1.165, 1.54) is 5.56 Å². The molecule has 0 atom stereocenters. The Kier molecular flexibility index (Phi) is 6.08. The van der Waals surface area contributed by atoms with Gasteiger partial charge in [0.05, 0.1) is 25.9 Å². The molecule has 5 heteroatoms. The van der Waals surface area contributed by atoms with Gasteiger partial charge in [-0.15, -0.1) is 0 Å². The highest BCUT2D eigenvalue weighted by molar-refractivity contribution is 5.28. The smallest absolute Gasteiger partial charge is 0.168 e. The van der Waals surface area contributed by atoms with E-state index in [0.717, 1.165) is 57.6 Å². The zero-order valence-electron chi connectivity index (χ0n) is 14.1. The molecule has 0 unspecified atom stereocenters. The minimum Gasteiger partial charge on any atom is -0.494 e. The SMILES string of the molecule is N#CCCCOc1cccc(CNC2CCC3(CC2)OCCO3)c1. The molecule has 0 bridgehead atoms. The van der Waals surface area contributed by atoms with Gasteiger partial charge in [-0.25, -0.2) is 0 Å². The van der Waals surface area contributed by atoms with Gasteiger partial charge >= 0.3 is 0 Å². The van der Waals surface area contributed by atoms with Gasteiger partial charge in [0.1, 0.15) is 5.75 Å². The van der Waals surface area contributed by atoms with Gasteiger partial charge in [0.15, 0.2) is 5.79 Å². The third kappa shape index (κ3) is 4.70. The minimum atomic E-state index is -0.282. The summed E-state index contributed by atoms with van der Waals surface area (Å²) in [6.45, 7) is 2.91. The lowest BCUT2D eigenvalue weighted by Gasteiger charge is -2.35. The third-order valence-electron chi connectivity index (χ3n) is 4.76. The predicted octanol–water partition coefficient (Wildman–Crippen LogP) is 3.14. The standard InChI is InChI=1S/C19H26N2O3/c20-10-1-2-11-22-18-5-3-4-16(14-18)15-21-17-6-8-19(9-7-17)23-12-13-24-19/h3-5,14,17,21H,1-2,6-9,11-13,15H2. The zero-order valence-corrected chi connectivity index (χ0v) is 14.1. The maximum absolute atomic E-state index is 8.54. The predicted molar refractivity (Wildman–Crippen MR) is 90.5 cm³/mol. The van der Waals surface area contributed by atoms with Crippen molar-refractivity contribution in [1.29, 1.82) is 5.26 Å². The van der Waals surface area contributed by atoms with Crippen LogP contribution < -0.4 is 10.1 Å². The number of nitriles is 1. The molecule has 1 aromatic rings. The van der Waals surface area contributed by atoms with Crippen LogP contribution in [0.25, 0.3) is 0 Å². The van der Waals surface area contributed by atoms with Gasteiger partial charge in [-0.3, -0.25) is 0 Å². The van der Waals surface area contributed by atoms with Crippen LogP contribution in [-0.4, -0.2) is 31.6 Å². The largest absolute Gasteiger partial charge is 0.494 e. The first-order chi connectivity index (χ1) is 11.8. The van der Waals surface area contributed by atoms with E-state index in [1.54, 1.807) is 0 Å². The maximum Gasteiger partial charge on any atom is 0.168 e. The molecule has 1 heterocycles. The number of benzene rings is 1. The van der Waals surface area contributed by atoms with Crippen molar-refractivity contribution in [2.75, 3.05) is 19.8 Å². The van der Waals surface area contributed by atoms with Crippen molar-refractivity contribution >= 4 is 0 Å². The number of nitrogens with zero attached hydrogens (tertiary/aromatic N) is 1. The first kappa shape index (κ1) is 17.2. The fraction of sp³-hybridized carbons (Fsp3) is 0.632. The van der Waals surface area contributed by atoms with Gasteiger partial charge in [0.25, 0.3) is 0 Å². The maximum atomic E-state index is 8.54. The van der Waals surface area contributed by atoms with Crippen LogP contribution in [0, 0.1) is 11.3 Å². The van der Waals surface area contributed by atoms with E-state index >= 15 is 0 Å². The second-order valence-electron chi connectivity index (χ2n) is 6.52. The lowest BCUT2D eigenvalue weighted by atomic mass is 9.90. The Morgan fingerprint density at radius 1 is 1.25 bits per heavy atom. The highest BCUT2D eigenvalue weighted by Crippen LogP contribution is 2.35. The normalized spacial score (nSPS) is 20.1. The van der Waals surface area contributed by atoms with Crippen LogP contribution in [0.15, 0.2) is 24.3 Å². The van der Waals surface area contributed by atoms with Crippen molar-refractivity contribution in [3.63, 3.8) is 0 Å². The molecule has 1 N–H and O–H groups in total. The fourth-order valence-electron chi connectivity index (χ4n) is 3.40. The molecule has 0 radical (unpaired) electrons. The average Bonchev–Trinajstić information content (AvgIpc) is 3.07. The summed E-state index contributed by atoms with van der Waals surface area (Å²) >= 11 is 0. The second-order valence-corrected chi connectivity index (χ2v) is 6.52. The van der Waals surface area contributed by atoms with Crippen LogP contribution in [0.3, 0.4) is 0 Å². The minimum absolute atomic E-state index is 0.282. The molecule has 1 spiro atoms. The van der Waals surface area contributed by atoms with Crippen molar-refractivity contribution in [1.82, 2.24) is 5.32 Å². The Balaban J connectivity index is 1.41. The van der Waals surface area contributed by atoms with Gasteiger partial charge < -0.3 is 19.5 Å². The fourth-order valence-corrected chi connectivity index (χ4v) is 3.40. The first-order valence-corrected chi connectivity index (χ1v) is 8.90. The van der Waals surface area contributed by atoms with Crippen LogP contribution in [-0.2, 0) is 16.0 Å². The summed E-state index contributed by atoms with van der Waals surface area (Å²) in [5.41, 5.74) is 1.22. The number of rotatable bonds is 7. The molecule has 5 nitrogen and oxygen atoms in total. The van der Waals surface area contributed by atoms with Gasteiger partial charge in [0.2, 0.25) is 0 Å². The molecule has 3 rings (SSSR count). The number of ether oxygens (including phenoxy) is 3. The van der Waals surface area contributed by atoms with Crippen LogP contribution in [0.4, 0.5) is 0 Å². The van der Waals surface area contributed by atoms with E-state index in [4.69, 9.17) is 19.5 Å². The molecule has 2 aliphatic rings. The summed E-state index contributed by atoms with van der Waals surface area (Å²) in [4.78, 5) is 0. The molecule has 1 aromatic carbocycles. The number of hydrogen-bond donors (Lipinski definition) is 1. The Bertz CT molecular complexity index is 554. The van der Waals surface area contributed by atoms with E-state index in [1.807, 2.05) is 12.1 Å². The zero-order chi connectivity index (χ0) is 16.7. The van der Waals surface area contributed by atoms with E-state index < -0.39 is 0 Å².